The van der Waals surface area contributed by atoms with E-state index < -0.39 is 10.0 Å². The van der Waals surface area contributed by atoms with E-state index in [1.807, 2.05) is 22.2 Å². The standard InChI is InChI=1S/C21H23N3O3S3/c25-20(12-18-15-29-21(23-18)17-8-11-28-14-17)22-13-16-4-6-19(7-5-16)30(26,27)24-9-2-1-3-10-24/h4-8,11,14-15H,1-3,9-10,12-13H2,(H,22,25). The third kappa shape index (κ3) is 4.97. The van der Waals surface area contributed by atoms with Gasteiger partial charge in [-0.15, -0.1) is 11.3 Å². The van der Waals surface area contributed by atoms with Crippen LogP contribution in [0, 0.1) is 0 Å². The van der Waals surface area contributed by atoms with Crippen LogP contribution in [0.2, 0.25) is 0 Å². The van der Waals surface area contributed by atoms with Crippen molar-refractivity contribution in [1.82, 2.24) is 14.6 Å². The second kappa shape index (κ2) is 9.38. The zero-order valence-corrected chi connectivity index (χ0v) is 18.9. The summed E-state index contributed by atoms with van der Waals surface area (Å²) in [4.78, 5) is 17.1. The van der Waals surface area contributed by atoms with Crippen LogP contribution in [0.3, 0.4) is 0 Å². The molecule has 0 aliphatic carbocycles. The second-order valence-corrected chi connectivity index (χ2v) is 10.8. The van der Waals surface area contributed by atoms with Crippen molar-refractivity contribution in [2.24, 2.45) is 0 Å². The molecule has 1 saturated heterocycles. The molecule has 1 aliphatic rings. The van der Waals surface area contributed by atoms with Crippen molar-refractivity contribution in [2.75, 3.05) is 13.1 Å². The number of amides is 1. The SMILES string of the molecule is O=C(Cc1csc(-c2ccsc2)n1)NCc1ccc(S(=O)(=O)N2CCCCC2)cc1. The fourth-order valence-electron chi connectivity index (χ4n) is 3.37. The van der Waals surface area contributed by atoms with Crippen molar-refractivity contribution in [3.05, 3.63) is 57.7 Å². The first kappa shape index (κ1) is 21.2. The Hall–Kier alpha value is -2.07. The number of hydrogen-bond donors (Lipinski definition) is 1. The molecular weight excluding hydrogens is 438 g/mol. The number of thiazole rings is 1. The minimum absolute atomic E-state index is 0.109. The molecule has 0 saturated carbocycles. The quantitative estimate of drug-likeness (QED) is 0.579. The number of aromatic nitrogens is 1. The van der Waals surface area contributed by atoms with Gasteiger partial charge in [0.1, 0.15) is 5.01 Å². The van der Waals surface area contributed by atoms with Gasteiger partial charge in [-0.2, -0.15) is 15.6 Å². The number of benzene rings is 1. The van der Waals surface area contributed by atoms with Crippen LogP contribution in [-0.4, -0.2) is 36.7 Å². The smallest absolute Gasteiger partial charge is 0.243 e. The van der Waals surface area contributed by atoms with E-state index in [-0.39, 0.29) is 12.3 Å². The molecule has 1 aliphatic heterocycles. The second-order valence-electron chi connectivity index (χ2n) is 7.22. The van der Waals surface area contributed by atoms with Gasteiger partial charge in [0.25, 0.3) is 0 Å². The normalized spacial score (nSPS) is 15.2. The van der Waals surface area contributed by atoms with E-state index in [0.29, 0.717) is 24.5 Å². The van der Waals surface area contributed by atoms with E-state index in [2.05, 4.69) is 10.3 Å². The summed E-state index contributed by atoms with van der Waals surface area (Å²) in [5.74, 6) is -0.109. The number of piperidine rings is 1. The molecule has 9 heteroatoms. The Labute approximate surface area is 184 Å². The molecule has 6 nitrogen and oxygen atoms in total. The Morgan fingerprint density at radius 1 is 1.07 bits per heavy atom. The highest BCUT2D eigenvalue weighted by Gasteiger charge is 2.25. The van der Waals surface area contributed by atoms with Crippen LogP contribution < -0.4 is 5.32 Å². The molecule has 1 aromatic carbocycles. The molecular formula is C21H23N3O3S3. The third-order valence-electron chi connectivity index (χ3n) is 5.03. The van der Waals surface area contributed by atoms with Gasteiger partial charge in [0.05, 0.1) is 17.0 Å². The van der Waals surface area contributed by atoms with Crippen molar-refractivity contribution in [1.29, 1.82) is 0 Å². The Balaban J connectivity index is 1.31. The Bertz CT molecular complexity index is 1080. The maximum absolute atomic E-state index is 12.7. The first-order chi connectivity index (χ1) is 14.5. The van der Waals surface area contributed by atoms with E-state index in [9.17, 15) is 13.2 Å². The fraction of sp³-hybridized carbons (Fsp3) is 0.333. The highest BCUT2D eigenvalue weighted by atomic mass is 32.2. The summed E-state index contributed by atoms with van der Waals surface area (Å²) in [5.41, 5.74) is 2.69. The lowest BCUT2D eigenvalue weighted by atomic mass is 10.2. The highest BCUT2D eigenvalue weighted by molar-refractivity contribution is 7.89. The largest absolute Gasteiger partial charge is 0.352 e. The van der Waals surface area contributed by atoms with Gasteiger partial charge >= 0.3 is 0 Å². The molecule has 0 atom stereocenters. The average Bonchev–Trinajstić information content (AvgIpc) is 3.45. The molecule has 0 bridgehead atoms. The molecule has 0 unspecified atom stereocenters. The number of sulfonamides is 1. The van der Waals surface area contributed by atoms with Crippen molar-refractivity contribution in [2.45, 2.75) is 37.1 Å². The zero-order chi connectivity index (χ0) is 21.0. The van der Waals surface area contributed by atoms with Crippen LogP contribution >= 0.6 is 22.7 Å². The maximum Gasteiger partial charge on any atom is 0.243 e. The summed E-state index contributed by atoms with van der Waals surface area (Å²) < 4.78 is 27.0. The molecule has 30 heavy (non-hydrogen) atoms. The first-order valence-corrected chi connectivity index (χ1v) is 13.1. The topological polar surface area (TPSA) is 79.4 Å². The van der Waals surface area contributed by atoms with Crippen molar-refractivity contribution < 1.29 is 13.2 Å². The summed E-state index contributed by atoms with van der Waals surface area (Å²) in [5, 5.41) is 9.76. The van der Waals surface area contributed by atoms with E-state index >= 15 is 0 Å². The predicted molar refractivity (Wildman–Crippen MR) is 120 cm³/mol. The predicted octanol–water partition coefficient (Wildman–Crippen LogP) is 3.91. The summed E-state index contributed by atoms with van der Waals surface area (Å²) in [7, 11) is -3.43. The molecule has 1 fully saturated rings. The molecule has 3 aromatic rings. The molecule has 4 rings (SSSR count). The Kier molecular flexibility index (Phi) is 6.62. The van der Waals surface area contributed by atoms with E-state index in [0.717, 1.165) is 41.1 Å². The Morgan fingerprint density at radius 3 is 2.53 bits per heavy atom. The van der Waals surface area contributed by atoms with E-state index in [1.165, 1.54) is 11.3 Å². The molecule has 158 valence electrons. The van der Waals surface area contributed by atoms with E-state index in [1.54, 1.807) is 39.9 Å². The number of carbonyl (C=O) groups is 1. The zero-order valence-electron chi connectivity index (χ0n) is 16.4. The van der Waals surface area contributed by atoms with Gasteiger partial charge in [0.15, 0.2) is 0 Å². The third-order valence-corrected chi connectivity index (χ3v) is 8.56. The molecule has 1 amide bonds. The number of thiophene rings is 1. The number of hydrogen-bond acceptors (Lipinski definition) is 6. The lowest BCUT2D eigenvalue weighted by Crippen LogP contribution is -2.35. The number of carbonyl (C=O) groups excluding carboxylic acids is 1. The average molecular weight is 462 g/mol. The van der Waals surface area contributed by atoms with Gasteiger partial charge in [-0.3, -0.25) is 4.79 Å². The maximum atomic E-state index is 12.7. The summed E-state index contributed by atoms with van der Waals surface area (Å²) in [6, 6.07) is 8.78. The van der Waals surface area contributed by atoms with Gasteiger partial charge in [-0.1, -0.05) is 18.6 Å². The molecule has 3 heterocycles. The van der Waals surface area contributed by atoms with Gasteiger partial charge in [0.2, 0.25) is 15.9 Å². The lowest BCUT2D eigenvalue weighted by Gasteiger charge is -2.25. The van der Waals surface area contributed by atoms with Crippen LogP contribution in [0.4, 0.5) is 0 Å². The van der Waals surface area contributed by atoms with E-state index in [4.69, 9.17) is 0 Å². The summed E-state index contributed by atoms with van der Waals surface area (Å²) >= 11 is 3.15. The lowest BCUT2D eigenvalue weighted by molar-refractivity contribution is -0.120. The minimum atomic E-state index is -3.43. The van der Waals surface area contributed by atoms with Crippen LogP contribution in [0.1, 0.15) is 30.5 Å². The summed E-state index contributed by atoms with van der Waals surface area (Å²) in [6.07, 6.45) is 3.14. The van der Waals surface area contributed by atoms with Crippen LogP contribution in [-0.2, 0) is 27.8 Å². The van der Waals surface area contributed by atoms with Gasteiger partial charge in [0, 0.05) is 36.0 Å². The highest BCUT2D eigenvalue weighted by Crippen LogP contribution is 2.26. The molecule has 0 radical (unpaired) electrons. The van der Waals surface area contributed by atoms with Gasteiger partial charge in [-0.05, 0) is 42.0 Å². The molecule has 2 aromatic heterocycles. The van der Waals surface area contributed by atoms with Gasteiger partial charge < -0.3 is 5.32 Å². The first-order valence-electron chi connectivity index (χ1n) is 9.85. The molecule has 0 spiro atoms. The Morgan fingerprint density at radius 2 is 1.83 bits per heavy atom. The minimum Gasteiger partial charge on any atom is -0.352 e. The fourth-order valence-corrected chi connectivity index (χ4v) is 6.42. The van der Waals surface area contributed by atoms with Gasteiger partial charge in [-0.25, -0.2) is 13.4 Å². The molecule has 1 N–H and O–H groups in total. The summed E-state index contributed by atoms with van der Waals surface area (Å²) in [6.45, 7) is 1.53. The van der Waals surface area contributed by atoms with Crippen molar-refractivity contribution >= 4 is 38.6 Å². The van der Waals surface area contributed by atoms with Crippen LogP contribution in [0.15, 0.2) is 51.4 Å². The van der Waals surface area contributed by atoms with Crippen molar-refractivity contribution in [3.8, 4) is 10.6 Å². The van der Waals surface area contributed by atoms with Crippen LogP contribution in [0.5, 0.6) is 0 Å². The number of nitrogens with one attached hydrogen (secondary N) is 1. The van der Waals surface area contributed by atoms with Crippen LogP contribution in [0.25, 0.3) is 10.6 Å². The number of rotatable bonds is 7. The monoisotopic (exact) mass is 461 g/mol. The number of nitrogens with zero attached hydrogens (tertiary/aromatic N) is 2. The van der Waals surface area contributed by atoms with Crippen molar-refractivity contribution in [3.63, 3.8) is 0 Å².